The Morgan fingerprint density at radius 2 is 0.548 bits per heavy atom. The van der Waals surface area contributed by atoms with Gasteiger partial charge in [-0.3, -0.25) is 0 Å². The summed E-state index contributed by atoms with van der Waals surface area (Å²) in [5.41, 5.74) is 11.7. The summed E-state index contributed by atoms with van der Waals surface area (Å²) in [7, 11) is 0. The van der Waals surface area contributed by atoms with Crippen molar-refractivity contribution in [3.63, 3.8) is 0 Å². The molecule has 0 aliphatic rings. The first kappa shape index (κ1) is 37.5. The molecule has 0 atom stereocenters. The molecule has 0 radical (unpaired) electrons. The van der Waals surface area contributed by atoms with Gasteiger partial charge in [0, 0.05) is 33.4 Å². The van der Waals surface area contributed by atoms with Crippen LogP contribution in [0.2, 0.25) is 0 Å². The van der Waals surface area contributed by atoms with Crippen LogP contribution in [-0.4, -0.2) is 29.9 Å². The van der Waals surface area contributed by atoms with Gasteiger partial charge in [0.2, 0.25) is 0 Å². The van der Waals surface area contributed by atoms with Crippen LogP contribution in [0.3, 0.4) is 0 Å². The lowest BCUT2D eigenvalue weighted by atomic mass is 9.87. The van der Waals surface area contributed by atoms with Crippen molar-refractivity contribution in [3.05, 3.63) is 218 Å². The van der Waals surface area contributed by atoms with Gasteiger partial charge in [0.25, 0.3) is 0 Å². The molecule has 2 heterocycles. The highest BCUT2D eigenvalue weighted by molar-refractivity contribution is 5.96. The lowest BCUT2D eigenvalue weighted by Gasteiger charge is -2.18. The topological polar surface area (TPSA) is 101 Å². The van der Waals surface area contributed by atoms with Crippen LogP contribution in [0.1, 0.15) is 5.56 Å². The molecular weight excluding hydrogens is 759 g/mol. The van der Waals surface area contributed by atoms with Gasteiger partial charge in [-0.2, -0.15) is 5.26 Å². The fraction of sp³-hybridized carbons (Fsp3) is 0. The molecule has 290 valence electrons. The van der Waals surface area contributed by atoms with E-state index in [0.29, 0.717) is 40.5 Å². The predicted octanol–water partition coefficient (Wildman–Crippen LogP) is 12.9. The maximum atomic E-state index is 9.58. The molecule has 10 rings (SSSR count). The van der Waals surface area contributed by atoms with E-state index in [2.05, 4.69) is 48.5 Å². The molecule has 7 heteroatoms. The van der Waals surface area contributed by atoms with Gasteiger partial charge in [0.1, 0.15) is 0 Å². The van der Waals surface area contributed by atoms with E-state index in [1.54, 1.807) is 0 Å². The summed E-state index contributed by atoms with van der Waals surface area (Å²) in [5.74, 6) is 3.45. The zero-order chi connectivity index (χ0) is 41.7. The second-order valence-corrected chi connectivity index (χ2v) is 14.6. The second kappa shape index (κ2) is 16.9. The Kier molecular flexibility index (Phi) is 10.2. The van der Waals surface area contributed by atoms with Crippen molar-refractivity contribution in [2.24, 2.45) is 0 Å². The van der Waals surface area contributed by atoms with E-state index in [1.807, 2.05) is 170 Å². The van der Waals surface area contributed by atoms with Crippen LogP contribution in [0, 0.1) is 11.3 Å². The standard InChI is InChI=1S/C55H35N7/c56-36-37-29-31-38(32-30-37)43-33-34-46(44-25-13-15-27-47(44)54-59-50(39-17-5-1-6-18-39)57-51(60-54)40-19-7-2-8-20-40)49(35-43)45-26-14-16-28-48(45)55-61-52(41-21-9-3-10-22-41)58-53(62-55)42-23-11-4-12-24-42/h1-35H. The Bertz CT molecular complexity index is 3110. The van der Waals surface area contributed by atoms with Gasteiger partial charge < -0.3 is 0 Å². The van der Waals surface area contributed by atoms with Crippen LogP contribution in [-0.2, 0) is 0 Å². The van der Waals surface area contributed by atoms with Crippen LogP contribution in [0.25, 0.3) is 102 Å². The van der Waals surface area contributed by atoms with Crippen molar-refractivity contribution >= 4 is 0 Å². The predicted molar refractivity (Wildman–Crippen MR) is 247 cm³/mol. The van der Waals surface area contributed by atoms with Gasteiger partial charge in [-0.05, 0) is 51.6 Å². The van der Waals surface area contributed by atoms with Crippen LogP contribution >= 0.6 is 0 Å². The fourth-order valence-corrected chi connectivity index (χ4v) is 7.60. The Morgan fingerprint density at radius 3 is 0.935 bits per heavy atom. The molecule has 0 amide bonds. The maximum absolute atomic E-state index is 9.58. The molecular formula is C55H35N7. The number of benzene rings is 8. The SMILES string of the molecule is N#Cc1ccc(-c2ccc(-c3ccccc3-c3nc(-c4ccccc4)nc(-c4ccccc4)n3)c(-c3ccccc3-c3nc(-c4ccccc4)nc(-c4ccccc4)n3)c2)cc1. The van der Waals surface area contributed by atoms with Gasteiger partial charge in [0.15, 0.2) is 34.9 Å². The third-order valence-electron chi connectivity index (χ3n) is 10.7. The smallest absolute Gasteiger partial charge is 0.164 e. The molecule has 10 aromatic rings. The molecule has 7 nitrogen and oxygen atoms in total. The first-order valence-electron chi connectivity index (χ1n) is 20.3. The van der Waals surface area contributed by atoms with Crippen LogP contribution in [0.15, 0.2) is 212 Å². The molecule has 0 N–H and O–H groups in total. The Labute approximate surface area is 359 Å². The van der Waals surface area contributed by atoms with Crippen molar-refractivity contribution in [1.82, 2.24) is 29.9 Å². The van der Waals surface area contributed by atoms with Crippen molar-refractivity contribution in [2.75, 3.05) is 0 Å². The van der Waals surface area contributed by atoms with Crippen molar-refractivity contribution in [3.8, 4) is 108 Å². The van der Waals surface area contributed by atoms with Gasteiger partial charge >= 0.3 is 0 Å². The van der Waals surface area contributed by atoms with Crippen LogP contribution < -0.4 is 0 Å². The molecule has 0 fully saturated rings. The van der Waals surface area contributed by atoms with E-state index in [4.69, 9.17) is 29.9 Å². The largest absolute Gasteiger partial charge is 0.208 e. The minimum Gasteiger partial charge on any atom is -0.208 e. The van der Waals surface area contributed by atoms with E-state index in [0.717, 1.165) is 66.8 Å². The Balaban J connectivity index is 1.21. The minimum absolute atomic E-state index is 0.550. The van der Waals surface area contributed by atoms with Crippen LogP contribution in [0.5, 0.6) is 0 Å². The highest BCUT2D eigenvalue weighted by Crippen LogP contribution is 2.43. The zero-order valence-electron chi connectivity index (χ0n) is 33.3. The lowest BCUT2D eigenvalue weighted by Crippen LogP contribution is -2.02. The molecule has 0 saturated carbocycles. The van der Waals surface area contributed by atoms with E-state index >= 15 is 0 Å². The Morgan fingerprint density at radius 1 is 0.242 bits per heavy atom. The molecule has 0 saturated heterocycles. The number of nitrogens with zero attached hydrogens (tertiary/aromatic N) is 7. The van der Waals surface area contributed by atoms with E-state index in [9.17, 15) is 5.26 Å². The van der Waals surface area contributed by atoms with Crippen molar-refractivity contribution < 1.29 is 0 Å². The first-order valence-corrected chi connectivity index (χ1v) is 20.3. The number of hydrogen-bond acceptors (Lipinski definition) is 7. The van der Waals surface area contributed by atoms with Crippen molar-refractivity contribution in [1.29, 1.82) is 5.26 Å². The van der Waals surface area contributed by atoms with Crippen molar-refractivity contribution in [2.45, 2.75) is 0 Å². The number of rotatable bonds is 9. The summed E-state index contributed by atoms with van der Waals surface area (Å²) >= 11 is 0. The molecule has 0 spiro atoms. The quantitative estimate of drug-likeness (QED) is 0.143. The number of nitriles is 1. The van der Waals surface area contributed by atoms with Crippen LogP contribution in [0.4, 0.5) is 0 Å². The maximum Gasteiger partial charge on any atom is 0.164 e. The molecule has 8 aromatic carbocycles. The van der Waals surface area contributed by atoms with Gasteiger partial charge in [-0.15, -0.1) is 0 Å². The molecule has 62 heavy (non-hydrogen) atoms. The number of aromatic nitrogens is 6. The average molecular weight is 794 g/mol. The highest BCUT2D eigenvalue weighted by Gasteiger charge is 2.21. The fourth-order valence-electron chi connectivity index (χ4n) is 7.60. The zero-order valence-corrected chi connectivity index (χ0v) is 33.3. The normalized spacial score (nSPS) is 10.9. The highest BCUT2D eigenvalue weighted by atomic mass is 15.0. The minimum atomic E-state index is 0.550. The first-order chi connectivity index (χ1) is 30.7. The van der Waals surface area contributed by atoms with E-state index in [1.165, 1.54) is 0 Å². The van der Waals surface area contributed by atoms with Gasteiger partial charge in [-0.25, -0.2) is 29.9 Å². The monoisotopic (exact) mass is 793 g/mol. The van der Waals surface area contributed by atoms with Gasteiger partial charge in [0.05, 0.1) is 11.6 Å². The Hall–Kier alpha value is -8.73. The summed E-state index contributed by atoms with van der Waals surface area (Å²) in [6.07, 6.45) is 0. The number of hydrogen-bond donors (Lipinski definition) is 0. The molecule has 0 bridgehead atoms. The summed E-state index contributed by atoms with van der Waals surface area (Å²) in [6, 6.07) is 73.0. The van der Waals surface area contributed by atoms with Gasteiger partial charge in [-0.1, -0.05) is 194 Å². The molecule has 0 unspecified atom stereocenters. The molecule has 2 aromatic heterocycles. The summed E-state index contributed by atoms with van der Waals surface area (Å²) in [4.78, 5) is 30.5. The third-order valence-corrected chi connectivity index (χ3v) is 10.7. The summed E-state index contributed by atoms with van der Waals surface area (Å²) in [6.45, 7) is 0. The average Bonchev–Trinajstić information content (AvgIpc) is 3.37. The summed E-state index contributed by atoms with van der Waals surface area (Å²) in [5, 5.41) is 9.58. The second-order valence-electron chi connectivity index (χ2n) is 14.6. The van der Waals surface area contributed by atoms with E-state index < -0.39 is 0 Å². The molecule has 0 aliphatic carbocycles. The third kappa shape index (κ3) is 7.63. The molecule has 0 aliphatic heterocycles. The van der Waals surface area contributed by atoms with E-state index in [-0.39, 0.29) is 0 Å². The summed E-state index contributed by atoms with van der Waals surface area (Å²) < 4.78 is 0. The lowest BCUT2D eigenvalue weighted by molar-refractivity contribution is 1.07.